The van der Waals surface area contributed by atoms with Crippen LogP contribution in [-0.4, -0.2) is 26.0 Å². The second-order valence-electron chi connectivity index (χ2n) is 8.28. The average Bonchev–Trinajstić information content (AvgIpc) is 2.56. The van der Waals surface area contributed by atoms with Gasteiger partial charge in [0.25, 0.3) is 0 Å². The van der Waals surface area contributed by atoms with Crippen LogP contribution in [0.2, 0.25) is 0 Å². The normalized spacial score (nSPS) is 33.8. The van der Waals surface area contributed by atoms with Gasteiger partial charge in [0.05, 0.1) is 0 Å². The van der Waals surface area contributed by atoms with Crippen LogP contribution in [-0.2, 0) is 4.79 Å². The van der Waals surface area contributed by atoms with Crippen molar-refractivity contribution >= 4 is 17.7 Å². The Balaban J connectivity index is 1.36. The van der Waals surface area contributed by atoms with Gasteiger partial charge in [-0.2, -0.15) is 0 Å². The topological polar surface area (TPSA) is 32.3 Å². The van der Waals surface area contributed by atoms with E-state index in [0.29, 0.717) is 6.04 Å². The lowest BCUT2D eigenvalue weighted by Crippen LogP contribution is -2.55. The van der Waals surface area contributed by atoms with E-state index in [1.807, 2.05) is 20.2 Å². The van der Waals surface area contributed by atoms with E-state index in [9.17, 15) is 4.79 Å². The fraction of sp³-hybridized carbons (Fsp3) is 0.571. The molecule has 5 rings (SSSR count). The predicted molar refractivity (Wildman–Crippen MR) is 98.8 cm³/mol. The highest BCUT2D eigenvalue weighted by Gasteiger charge is 2.48. The molecular formula is C21H28N2O. The van der Waals surface area contributed by atoms with Crippen LogP contribution in [0.1, 0.15) is 37.7 Å². The van der Waals surface area contributed by atoms with Gasteiger partial charge in [0.1, 0.15) is 0 Å². The van der Waals surface area contributed by atoms with E-state index >= 15 is 0 Å². The minimum atomic E-state index is 0.0733. The Morgan fingerprint density at radius 2 is 1.58 bits per heavy atom. The maximum atomic E-state index is 12.4. The molecule has 1 amide bonds. The zero-order chi connectivity index (χ0) is 16.7. The van der Waals surface area contributed by atoms with Crippen LogP contribution >= 0.6 is 0 Å². The first-order chi connectivity index (χ1) is 11.6. The SMILES string of the molecule is CN(C)c1ccc(/C=C/C(=O)NC2C3CC4CC(C3)CC2C4)cc1. The van der Waals surface area contributed by atoms with Crippen LogP contribution in [0.3, 0.4) is 0 Å². The van der Waals surface area contributed by atoms with Gasteiger partial charge in [0.15, 0.2) is 0 Å². The van der Waals surface area contributed by atoms with Crippen molar-refractivity contribution in [3.05, 3.63) is 35.9 Å². The number of hydrogen-bond donors (Lipinski definition) is 1. The first kappa shape index (κ1) is 15.7. The van der Waals surface area contributed by atoms with Crippen molar-refractivity contribution < 1.29 is 4.79 Å². The fourth-order valence-corrected chi connectivity index (χ4v) is 5.43. The van der Waals surface area contributed by atoms with Crippen molar-refractivity contribution in [2.45, 2.75) is 38.1 Å². The summed E-state index contributed by atoms with van der Waals surface area (Å²) in [6.07, 6.45) is 10.4. The van der Waals surface area contributed by atoms with Gasteiger partial charge in [-0.3, -0.25) is 4.79 Å². The number of nitrogens with zero attached hydrogens (tertiary/aromatic N) is 1. The third-order valence-electron chi connectivity index (χ3n) is 6.37. The van der Waals surface area contributed by atoms with E-state index in [2.05, 4.69) is 34.5 Å². The molecule has 4 aliphatic rings. The molecule has 1 aromatic carbocycles. The van der Waals surface area contributed by atoms with Crippen molar-refractivity contribution in [3.63, 3.8) is 0 Å². The fourth-order valence-electron chi connectivity index (χ4n) is 5.43. The molecule has 0 aliphatic heterocycles. The van der Waals surface area contributed by atoms with Crippen molar-refractivity contribution in [2.24, 2.45) is 23.7 Å². The quantitative estimate of drug-likeness (QED) is 0.856. The molecule has 128 valence electrons. The zero-order valence-corrected chi connectivity index (χ0v) is 14.7. The number of carbonyl (C=O) groups excluding carboxylic acids is 1. The lowest BCUT2D eigenvalue weighted by atomic mass is 9.54. The Morgan fingerprint density at radius 1 is 1.00 bits per heavy atom. The third kappa shape index (κ3) is 3.09. The third-order valence-corrected chi connectivity index (χ3v) is 6.37. The number of amides is 1. The van der Waals surface area contributed by atoms with Gasteiger partial charge < -0.3 is 10.2 Å². The predicted octanol–water partition coefficient (Wildman–Crippen LogP) is 3.71. The largest absolute Gasteiger partial charge is 0.378 e. The molecule has 0 aromatic heterocycles. The highest BCUT2D eigenvalue weighted by molar-refractivity contribution is 5.92. The van der Waals surface area contributed by atoms with Crippen molar-refractivity contribution in [3.8, 4) is 0 Å². The Labute approximate surface area is 145 Å². The summed E-state index contributed by atoms with van der Waals surface area (Å²) in [6, 6.07) is 8.69. The molecule has 0 atom stereocenters. The lowest BCUT2D eigenvalue weighted by molar-refractivity contribution is -0.120. The van der Waals surface area contributed by atoms with E-state index in [1.54, 1.807) is 6.08 Å². The second kappa shape index (κ2) is 6.27. The molecule has 4 saturated carbocycles. The van der Waals surface area contributed by atoms with Crippen LogP contribution < -0.4 is 10.2 Å². The molecule has 0 heterocycles. The van der Waals surface area contributed by atoms with Gasteiger partial charge in [0.2, 0.25) is 5.91 Å². The standard InChI is InChI=1S/C21H28N2O/c1-23(2)19-6-3-14(4-7-19)5-8-20(24)22-21-17-10-15-9-16(12-17)13-18(21)11-15/h3-8,15-18,21H,9-13H2,1-2H3,(H,22,24)/b8-5+. The van der Waals surface area contributed by atoms with Gasteiger partial charge in [-0.05, 0) is 79.5 Å². The molecule has 24 heavy (non-hydrogen) atoms. The molecule has 0 spiro atoms. The number of hydrogen-bond acceptors (Lipinski definition) is 2. The molecule has 1 N–H and O–H groups in total. The highest BCUT2D eigenvalue weighted by atomic mass is 16.1. The number of carbonyl (C=O) groups is 1. The monoisotopic (exact) mass is 324 g/mol. The summed E-state index contributed by atoms with van der Waals surface area (Å²) < 4.78 is 0. The van der Waals surface area contributed by atoms with E-state index in [0.717, 1.165) is 29.2 Å². The lowest BCUT2D eigenvalue weighted by Gasteiger charge is -2.54. The maximum absolute atomic E-state index is 12.4. The molecule has 0 saturated heterocycles. The van der Waals surface area contributed by atoms with Crippen LogP contribution in [0.5, 0.6) is 0 Å². The van der Waals surface area contributed by atoms with Gasteiger partial charge in [-0.1, -0.05) is 12.1 Å². The summed E-state index contributed by atoms with van der Waals surface area (Å²) >= 11 is 0. The molecule has 3 nitrogen and oxygen atoms in total. The molecule has 4 bridgehead atoms. The molecule has 3 heteroatoms. The number of anilines is 1. The molecule has 4 aliphatic carbocycles. The first-order valence-electron chi connectivity index (χ1n) is 9.34. The first-order valence-corrected chi connectivity index (χ1v) is 9.34. The minimum absolute atomic E-state index is 0.0733. The van der Waals surface area contributed by atoms with Crippen molar-refractivity contribution in [2.75, 3.05) is 19.0 Å². The van der Waals surface area contributed by atoms with E-state index in [-0.39, 0.29) is 5.91 Å². The van der Waals surface area contributed by atoms with Gasteiger partial charge in [-0.25, -0.2) is 0 Å². The van der Waals surface area contributed by atoms with Crippen LogP contribution in [0, 0.1) is 23.7 Å². The summed E-state index contributed by atoms with van der Waals surface area (Å²) in [6.45, 7) is 0. The van der Waals surface area contributed by atoms with Gasteiger partial charge >= 0.3 is 0 Å². The number of rotatable bonds is 4. The Hall–Kier alpha value is -1.77. The highest BCUT2D eigenvalue weighted by Crippen LogP contribution is 2.53. The Bertz CT molecular complexity index is 604. The van der Waals surface area contributed by atoms with E-state index in [1.165, 1.54) is 37.8 Å². The van der Waals surface area contributed by atoms with Crippen molar-refractivity contribution in [1.82, 2.24) is 5.32 Å². The van der Waals surface area contributed by atoms with E-state index < -0.39 is 0 Å². The smallest absolute Gasteiger partial charge is 0.244 e. The molecule has 4 fully saturated rings. The van der Waals surface area contributed by atoms with Crippen LogP contribution in [0.25, 0.3) is 6.08 Å². The Kier molecular flexibility index (Phi) is 4.11. The average molecular weight is 324 g/mol. The van der Waals surface area contributed by atoms with Gasteiger partial charge in [-0.15, -0.1) is 0 Å². The van der Waals surface area contributed by atoms with Crippen LogP contribution in [0.4, 0.5) is 5.69 Å². The summed E-state index contributed by atoms with van der Waals surface area (Å²) in [4.78, 5) is 14.5. The summed E-state index contributed by atoms with van der Waals surface area (Å²) in [5.41, 5.74) is 2.24. The maximum Gasteiger partial charge on any atom is 0.244 e. The van der Waals surface area contributed by atoms with E-state index in [4.69, 9.17) is 0 Å². The van der Waals surface area contributed by atoms with Gasteiger partial charge in [0, 0.05) is 31.9 Å². The molecular weight excluding hydrogens is 296 g/mol. The van der Waals surface area contributed by atoms with Crippen LogP contribution in [0.15, 0.2) is 30.3 Å². The molecule has 0 unspecified atom stereocenters. The summed E-state index contributed by atoms with van der Waals surface area (Å²) in [7, 11) is 4.06. The second-order valence-corrected chi connectivity index (χ2v) is 8.28. The molecule has 1 aromatic rings. The molecule has 0 radical (unpaired) electrons. The zero-order valence-electron chi connectivity index (χ0n) is 14.7. The number of nitrogens with one attached hydrogen (secondary N) is 1. The van der Waals surface area contributed by atoms with Crippen molar-refractivity contribution in [1.29, 1.82) is 0 Å². The minimum Gasteiger partial charge on any atom is -0.378 e. The number of benzene rings is 1. The summed E-state index contributed by atoms with van der Waals surface area (Å²) in [5, 5.41) is 3.33. The summed E-state index contributed by atoms with van der Waals surface area (Å²) in [5.74, 6) is 3.44. The Morgan fingerprint density at radius 3 is 2.12 bits per heavy atom.